The average Bonchev–Trinajstić information content (AvgIpc) is 2.90. The van der Waals surface area contributed by atoms with Crippen molar-refractivity contribution < 1.29 is 14.2 Å². The molecule has 1 heterocycles. The van der Waals surface area contributed by atoms with Crippen molar-refractivity contribution in [2.24, 2.45) is 0 Å². The third kappa shape index (κ3) is 5.29. The maximum atomic E-state index is 13.0. The molecule has 34 heavy (non-hydrogen) atoms. The van der Waals surface area contributed by atoms with Crippen molar-refractivity contribution in [1.29, 1.82) is 0 Å². The molecule has 0 unspecified atom stereocenters. The van der Waals surface area contributed by atoms with Crippen molar-refractivity contribution in [2.75, 3.05) is 21.3 Å². The van der Waals surface area contributed by atoms with Crippen LogP contribution >= 0.6 is 0 Å². The number of methoxy groups -OCH3 is 3. The van der Waals surface area contributed by atoms with Crippen LogP contribution < -0.4 is 19.8 Å². The van der Waals surface area contributed by atoms with Crippen LogP contribution in [0.25, 0.3) is 22.4 Å². The van der Waals surface area contributed by atoms with Crippen molar-refractivity contribution in [3.05, 3.63) is 94.8 Å². The molecule has 0 amide bonds. The molecule has 4 rings (SSSR count). The van der Waals surface area contributed by atoms with E-state index in [9.17, 15) is 4.79 Å². The van der Waals surface area contributed by atoms with Crippen molar-refractivity contribution >= 4 is 0 Å². The van der Waals surface area contributed by atoms with Gasteiger partial charge in [0.2, 0.25) is 0 Å². The highest BCUT2D eigenvalue weighted by molar-refractivity contribution is 5.80. The van der Waals surface area contributed by atoms with E-state index in [0.717, 1.165) is 52.5 Å². The zero-order valence-electron chi connectivity index (χ0n) is 19.7. The predicted molar refractivity (Wildman–Crippen MR) is 134 cm³/mol. The Balaban J connectivity index is 1.64. The van der Waals surface area contributed by atoms with E-state index in [1.807, 2.05) is 72.8 Å². The maximum Gasteiger partial charge on any atom is 0.267 e. The number of aryl methyl sites for hydroxylation is 2. The van der Waals surface area contributed by atoms with E-state index in [1.54, 1.807) is 32.1 Å². The number of ether oxygens (including phenoxy) is 3. The first-order chi connectivity index (χ1) is 16.6. The summed E-state index contributed by atoms with van der Waals surface area (Å²) < 4.78 is 17.4. The quantitative estimate of drug-likeness (QED) is 0.345. The minimum absolute atomic E-state index is 0.127. The lowest BCUT2D eigenvalue weighted by Gasteiger charge is -2.13. The van der Waals surface area contributed by atoms with E-state index < -0.39 is 0 Å². The molecule has 3 aromatic carbocycles. The Kier molecular flexibility index (Phi) is 7.28. The highest BCUT2D eigenvalue weighted by atomic mass is 16.5. The molecule has 6 heteroatoms. The minimum atomic E-state index is -0.127. The molecule has 0 aliphatic rings. The Labute approximate surface area is 199 Å². The van der Waals surface area contributed by atoms with Crippen LogP contribution in [0.15, 0.2) is 83.7 Å². The number of nitrogens with zero attached hydrogens (tertiary/aromatic N) is 2. The Bertz CT molecular complexity index is 1280. The highest BCUT2D eigenvalue weighted by Crippen LogP contribution is 2.31. The lowest BCUT2D eigenvalue weighted by molar-refractivity contribution is 0.414. The van der Waals surface area contributed by atoms with Crippen LogP contribution in [0.1, 0.15) is 12.0 Å². The Morgan fingerprint density at radius 3 is 1.74 bits per heavy atom. The molecule has 0 aliphatic carbocycles. The molecular formula is C28H28N2O4. The smallest absolute Gasteiger partial charge is 0.267 e. The molecule has 1 aromatic heterocycles. The van der Waals surface area contributed by atoms with E-state index in [2.05, 4.69) is 0 Å². The summed E-state index contributed by atoms with van der Waals surface area (Å²) in [6.45, 7) is 0.525. The van der Waals surface area contributed by atoms with Crippen LogP contribution in [0.2, 0.25) is 0 Å². The van der Waals surface area contributed by atoms with E-state index in [1.165, 1.54) is 5.56 Å². The normalized spacial score (nSPS) is 10.7. The molecular weight excluding hydrogens is 428 g/mol. The topological polar surface area (TPSA) is 62.6 Å². The first-order valence-corrected chi connectivity index (χ1v) is 11.1. The Hall–Kier alpha value is -4.06. The fourth-order valence-electron chi connectivity index (χ4n) is 3.83. The highest BCUT2D eigenvalue weighted by Gasteiger charge is 2.14. The van der Waals surface area contributed by atoms with Gasteiger partial charge in [0.05, 0.1) is 27.0 Å². The molecule has 0 bridgehead atoms. The molecule has 0 fully saturated rings. The molecule has 0 radical (unpaired) electrons. The van der Waals surface area contributed by atoms with Gasteiger partial charge < -0.3 is 14.2 Å². The van der Waals surface area contributed by atoms with Gasteiger partial charge in [-0.15, -0.1) is 0 Å². The molecule has 4 aromatic rings. The van der Waals surface area contributed by atoms with E-state index >= 15 is 0 Å². The zero-order valence-corrected chi connectivity index (χ0v) is 19.7. The van der Waals surface area contributed by atoms with Gasteiger partial charge >= 0.3 is 0 Å². The largest absolute Gasteiger partial charge is 0.497 e. The van der Waals surface area contributed by atoms with Crippen molar-refractivity contribution in [3.63, 3.8) is 0 Å². The molecule has 0 saturated carbocycles. The second kappa shape index (κ2) is 10.7. The average molecular weight is 457 g/mol. The van der Waals surface area contributed by atoms with Crippen molar-refractivity contribution in [2.45, 2.75) is 19.4 Å². The van der Waals surface area contributed by atoms with Crippen molar-refractivity contribution in [3.8, 4) is 39.6 Å². The molecule has 0 aliphatic heterocycles. The van der Waals surface area contributed by atoms with Crippen LogP contribution in [-0.4, -0.2) is 31.1 Å². The SMILES string of the molecule is COc1ccc(CCCn2nc(-c3ccc(OC)cc3)c(-c3ccc(OC)cc3)cc2=O)cc1. The second-order valence-corrected chi connectivity index (χ2v) is 7.88. The summed E-state index contributed by atoms with van der Waals surface area (Å²) in [5.74, 6) is 2.36. The zero-order chi connectivity index (χ0) is 23.9. The molecule has 174 valence electrons. The van der Waals surface area contributed by atoms with E-state index in [0.29, 0.717) is 6.54 Å². The molecule has 0 saturated heterocycles. The fourth-order valence-corrected chi connectivity index (χ4v) is 3.83. The van der Waals surface area contributed by atoms with Crippen LogP contribution in [0, 0.1) is 0 Å². The first-order valence-electron chi connectivity index (χ1n) is 11.1. The monoisotopic (exact) mass is 456 g/mol. The van der Waals surface area contributed by atoms with Crippen LogP contribution in [0.3, 0.4) is 0 Å². The number of hydrogen-bond donors (Lipinski definition) is 0. The summed E-state index contributed by atoms with van der Waals surface area (Å²) in [5, 5.41) is 4.79. The van der Waals surface area contributed by atoms with E-state index in [-0.39, 0.29) is 5.56 Å². The maximum absolute atomic E-state index is 13.0. The minimum Gasteiger partial charge on any atom is -0.497 e. The Morgan fingerprint density at radius 2 is 1.21 bits per heavy atom. The summed E-state index contributed by atoms with van der Waals surface area (Å²) >= 11 is 0. The van der Waals surface area contributed by atoms with Crippen molar-refractivity contribution in [1.82, 2.24) is 9.78 Å². The van der Waals surface area contributed by atoms with Gasteiger partial charge in [0.25, 0.3) is 5.56 Å². The van der Waals surface area contributed by atoms with Gasteiger partial charge in [-0.05, 0) is 72.5 Å². The second-order valence-electron chi connectivity index (χ2n) is 7.88. The van der Waals surface area contributed by atoms with Gasteiger partial charge in [-0.1, -0.05) is 24.3 Å². The summed E-state index contributed by atoms with van der Waals surface area (Å²) in [6.07, 6.45) is 1.64. The number of hydrogen-bond acceptors (Lipinski definition) is 5. The summed E-state index contributed by atoms with van der Waals surface area (Å²) in [5.41, 5.74) is 4.41. The predicted octanol–water partition coefficient (Wildman–Crippen LogP) is 5.24. The van der Waals surface area contributed by atoms with Crippen LogP contribution in [0.4, 0.5) is 0 Å². The number of aromatic nitrogens is 2. The van der Waals surface area contributed by atoms with Crippen LogP contribution in [-0.2, 0) is 13.0 Å². The first kappa shape index (κ1) is 23.1. The third-order valence-electron chi connectivity index (χ3n) is 5.76. The molecule has 0 N–H and O–H groups in total. The van der Waals surface area contributed by atoms with Gasteiger partial charge in [0.1, 0.15) is 17.2 Å². The van der Waals surface area contributed by atoms with Gasteiger partial charge in [0, 0.05) is 23.7 Å². The van der Waals surface area contributed by atoms with Gasteiger partial charge in [0.15, 0.2) is 0 Å². The molecule has 0 atom stereocenters. The number of benzene rings is 3. The van der Waals surface area contributed by atoms with Gasteiger partial charge in [-0.2, -0.15) is 5.10 Å². The summed E-state index contributed by atoms with van der Waals surface area (Å²) in [6, 6.07) is 25.0. The van der Waals surface area contributed by atoms with E-state index in [4.69, 9.17) is 19.3 Å². The summed E-state index contributed by atoms with van der Waals surface area (Å²) in [4.78, 5) is 13.0. The Morgan fingerprint density at radius 1 is 0.706 bits per heavy atom. The van der Waals surface area contributed by atoms with Crippen LogP contribution in [0.5, 0.6) is 17.2 Å². The fraction of sp³-hybridized carbons (Fsp3) is 0.214. The van der Waals surface area contributed by atoms with Gasteiger partial charge in [-0.3, -0.25) is 4.79 Å². The lowest BCUT2D eigenvalue weighted by Crippen LogP contribution is -2.23. The van der Waals surface area contributed by atoms with Gasteiger partial charge in [-0.25, -0.2) is 4.68 Å². The summed E-state index contributed by atoms with van der Waals surface area (Å²) in [7, 11) is 4.93. The number of rotatable bonds is 9. The lowest BCUT2D eigenvalue weighted by atomic mass is 10.00. The molecule has 0 spiro atoms. The third-order valence-corrected chi connectivity index (χ3v) is 5.76. The standard InChI is InChI=1S/C28H28N2O4/c1-32-23-12-6-20(7-13-23)5-4-18-30-27(31)19-26(21-8-14-24(33-2)15-9-21)28(29-30)22-10-16-25(34-3)17-11-22/h6-17,19H,4-5,18H2,1-3H3. The molecule has 6 nitrogen and oxygen atoms in total.